The zero-order valence-electron chi connectivity index (χ0n) is 9.14. The summed E-state index contributed by atoms with van der Waals surface area (Å²) in [5, 5.41) is 0.532. The highest BCUT2D eigenvalue weighted by atomic mass is 35.5. The molecule has 0 aliphatic rings. The van der Waals surface area contributed by atoms with Gasteiger partial charge in [-0.25, -0.2) is 4.98 Å². The molecule has 2 nitrogen and oxygen atoms in total. The lowest BCUT2D eigenvalue weighted by Gasteiger charge is -1.96. The van der Waals surface area contributed by atoms with Crippen molar-refractivity contribution in [3.05, 3.63) is 47.4 Å². The van der Waals surface area contributed by atoms with Gasteiger partial charge in [0.25, 0.3) is 0 Å². The average Bonchev–Trinajstić information content (AvgIpc) is 2.72. The Hall–Kier alpha value is -1.45. The van der Waals surface area contributed by atoms with Crippen LogP contribution in [0.25, 0.3) is 20.7 Å². The molecule has 0 aliphatic heterocycles. The molecule has 3 rings (SSSR count). The summed E-state index contributed by atoms with van der Waals surface area (Å²) in [4.78, 5) is 9.68. The largest absolute Gasteiger partial charge is 0.264 e. The summed E-state index contributed by atoms with van der Waals surface area (Å²) in [6, 6.07) is 8.00. The van der Waals surface area contributed by atoms with E-state index in [0.717, 1.165) is 21.3 Å². The van der Waals surface area contributed by atoms with Crippen molar-refractivity contribution in [1.82, 2.24) is 9.97 Å². The van der Waals surface area contributed by atoms with Gasteiger partial charge in [-0.05, 0) is 36.8 Å². The number of aromatic nitrogens is 2. The summed E-state index contributed by atoms with van der Waals surface area (Å²) >= 11 is 7.59. The highest BCUT2D eigenvalue weighted by Crippen LogP contribution is 2.33. The summed E-state index contributed by atoms with van der Waals surface area (Å²) in [6.45, 7) is 2.04. The van der Waals surface area contributed by atoms with Gasteiger partial charge in [0.1, 0.15) is 5.15 Å². The van der Waals surface area contributed by atoms with Gasteiger partial charge < -0.3 is 0 Å². The van der Waals surface area contributed by atoms with Crippen LogP contribution in [-0.4, -0.2) is 9.97 Å². The van der Waals surface area contributed by atoms with Gasteiger partial charge in [0, 0.05) is 22.8 Å². The van der Waals surface area contributed by atoms with Crippen molar-refractivity contribution < 1.29 is 0 Å². The second-order valence-electron chi connectivity index (χ2n) is 3.88. The molecule has 17 heavy (non-hydrogen) atoms. The van der Waals surface area contributed by atoms with Gasteiger partial charge in [-0.3, -0.25) is 4.98 Å². The number of nitrogens with zero attached hydrogens (tertiary/aromatic N) is 2. The first-order chi connectivity index (χ1) is 8.22. The van der Waals surface area contributed by atoms with Crippen LogP contribution in [0.15, 0.2) is 36.7 Å². The maximum atomic E-state index is 5.88. The van der Waals surface area contributed by atoms with E-state index >= 15 is 0 Å². The number of fused-ring (bicyclic) bond motifs is 1. The molecule has 0 atom stereocenters. The number of hydrogen-bond donors (Lipinski definition) is 0. The molecule has 0 fully saturated rings. The van der Waals surface area contributed by atoms with Gasteiger partial charge in [0.05, 0.1) is 10.2 Å². The van der Waals surface area contributed by atoms with Crippen molar-refractivity contribution in [3.63, 3.8) is 0 Å². The summed E-state index contributed by atoms with van der Waals surface area (Å²) in [7, 11) is 0. The monoisotopic (exact) mass is 260 g/mol. The third kappa shape index (κ3) is 2.04. The number of hydrogen-bond acceptors (Lipinski definition) is 3. The minimum Gasteiger partial charge on any atom is -0.264 e. The molecule has 84 valence electrons. The molecule has 0 N–H and O–H groups in total. The fourth-order valence-corrected chi connectivity index (χ4v) is 2.87. The molecule has 3 heterocycles. The van der Waals surface area contributed by atoms with E-state index in [1.807, 2.05) is 31.5 Å². The Labute approximate surface area is 108 Å². The van der Waals surface area contributed by atoms with Crippen LogP contribution >= 0.6 is 22.9 Å². The Kier molecular flexibility index (Phi) is 2.57. The lowest BCUT2D eigenvalue weighted by molar-refractivity contribution is 1.27. The van der Waals surface area contributed by atoms with E-state index < -0.39 is 0 Å². The predicted octanol–water partition coefficient (Wildman–Crippen LogP) is 4.32. The van der Waals surface area contributed by atoms with E-state index in [2.05, 4.69) is 22.1 Å². The maximum Gasteiger partial charge on any atom is 0.129 e. The smallest absolute Gasteiger partial charge is 0.129 e. The standard InChI is InChI=1S/C13H9ClN2S/c1-8-4-9(7-15-6-8)12-5-10-11(17-12)2-3-13(14)16-10/h2-7H,1H3. The highest BCUT2D eigenvalue weighted by Gasteiger charge is 2.06. The third-order valence-corrected chi connectivity index (χ3v) is 3.85. The molecule has 3 aromatic heterocycles. The lowest BCUT2D eigenvalue weighted by atomic mass is 10.2. The number of aryl methyl sites for hydroxylation is 1. The van der Waals surface area contributed by atoms with E-state index in [1.54, 1.807) is 11.3 Å². The molecule has 0 bridgehead atoms. The van der Waals surface area contributed by atoms with E-state index in [1.165, 1.54) is 4.88 Å². The zero-order chi connectivity index (χ0) is 11.8. The van der Waals surface area contributed by atoms with Crippen LogP contribution in [0, 0.1) is 6.92 Å². The van der Waals surface area contributed by atoms with E-state index in [4.69, 9.17) is 11.6 Å². The van der Waals surface area contributed by atoms with Crippen molar-refractivity contribution in [2.24, 2.45) is 0 Å². The summed E-state index contributed by atoms with van der Waals surface area (Å²) in [5.41, 5.74) is 3.23. The average molecular weight is 261 g/mol. The van der Waals surface area contributed by atoms with E-state index in [0.29, 0.717) is 5.15 Å². The summed E-state index contributed by atoms with van der Waals surface area (Å²) < 4.78 is 1.14. The van der Waals surface area contributed by atoms with Gasteiger partial charge in [0.15, 0.2) is 0 Å². The lowest BCUT2D eigenvalue weighted by Crippen LogP contribution is -1.78. The molecule has 0 spiro atoms. The van der Waals surface area contributed by atoms with Crippen LogP contribution < -0.4 is 0 Å². The van der Waals surface area contributed by atoms with Crippen LogP contribution in [0.3, 0.4) is 0 Å². The SMILES string of the molecule is Cc1cncc(-c2cc3nc(Cl)ccc3s2)c1. The number of rotatable bonds is 1. The Bertz CT molecular complexity index is 691. The second-order valence-corrected chi connectivity index (χ2v) is 5.35. The number of thiophene rings is 1. The summed E-state index contributed by atoms with van der Waals surface area (Å²) in [6.07, 6.45) is 3.73. The van der Waals surface area contributed by atoms with Crippen LogP contribution in [0.1, 0.15) is 5.56 Å². The molecule has 0 aromatic carbocycles. The van der Waals surface area contributed by atoms with Crippen LogP contribution in [0.4, 0.5) is 0 Å². The highest BCUT2D eigenvalue weighted by molar-refractivity contribution is 7.22. The fraction of sp³-hybridized carbons (Fsp3) is 0.0769. The fourth-order valence-electron chi connectivity index (χ4n) is 1.73. The van der Waals surface area contributed by atoms with Gasteiger partial charge in [-0.1, -0.05) is 11.6 Å². The normalized spacial score (nSPS) is 10.9. The molecule has 0 saturated carbocycles. The molecule has 3 aromatic rings. The Balaban J connectivity index is 2.18. The molecular weight excluding hydrogens is 252 g/mol. The van der Waals surface area contributed by atoms with Gasteiger partial charge in [0.2, 0.25) is 0 Å². The Morgan fingerprint density at radius 2 is 2.06 bits per heavy atom. The van der Waals surface area contributed by atoms with Crippen molar-refractivity contribution in [1.29, 1.82) is 0 Å². The molecule has 0 saturated heterocycles. The quantitative estimate of drug-likeness (QED) is 0.609. The number of pyridine rings is 2. The first-order valence-corrected chi connectivity index (χ1v) is 6.40. The van der Waals surface area contributed by atoms with Crippen LogP contribution in [0.5, 0.6) is 0 Å². The van der Waals surface area contributed by atoms with Crippen molar-refractivity contribution in [2.75, 3.05) is 0 Å². The molecule has 0 amide bonds. The molecule has 0 aliphatic carbocycles. The molecule has 0 radical (unpaired) electrons. The van der Waals surface area contributed by atoms with Gasteiger partial charge in [-0.15, -0.1) is 11.3 Å². The molecule has 4 heteroatoms. The minimum atomic E-state index is 0.532. The molecule has 0 unspecified atom stereocenters. The van der Waals surface area contributed by atoms with Crippen LogP contribution in [-0.2, 0) is 0 Å². The minimum absolute atomic E-state index is 0.532. The number of halogens is 1. The van der Waals surface area contributed by atoms with Gasteiger partial charge in [-0.2, -0.15) is 0 Å². The third-order valence-electron chi connectivity index (χ3n) is 2.50. The van der Waals surface area contributed by atoms with Crippen molar-refractivity contribution >= 4 is 33.2 Å². The maximum absolute atomic E-state index is 5.88. The topological polar surface area (TPSA) is 25.8 Å². The molecular formula is C13H9ClN2S. The van der Waals surface area contributed by atoms with E-state index in [-0.39, 0.29) is 0 Å². The first-order valence-electron chi connectivity index (χ1n) is 5.20. The van der Waals surface area contributed by atoms with Crippen LogP contribution in [0.2, 0.25) is 5.15 Å². The Morgan fingerprint density at radius 3 is 2.88 bits per heavy atom. The first kappa shape index (κ1) is 10.7. The van der Waals surface area contributed by atoms with Crippen molar-refractivity contribution in [2.45, 2.75) is 6.92 Å². The Morgan fingerprint density at radius 1 is 1.18 bits per heavy atom. The zero-order valence-corrected chi connectivity index (χ0v) is 10.7. The van der Waals surface area contributed by atoms with Crippen molar-refractivity contribution in [3.8, 4) is 10.4 Å². The summed E-state index contributed by atoms with van der Waals surface area (Å²) in [5.74, 6) is 0. The second kappa shape index (κ2) is 4.09. The van der Waals surface area contributed by atoms with E-state index in [9.17, 15) is 0 Å². The predicted molar refractivity (Wildman–Crippen MR) is 72.6 cm³/mol. The van der Waals surface area contributed by atoms with Gasteiger partial charge >= 0.3 is 0 Å².